The van der Waals surface area contributed by atoms with Gasteiger partial charge in [0.15, 0.2) is 5.78 Å². The average Bonchev–Trinajstić information content (AvgIpc) is 2.93. The molecule has 0 radical (unpaired) electrons. The van der Waals surface area contributed by atoms with Gasteiger partial charge in [0, 0.05) is 37.3 Å². The molecule has 37 heavy (non-hydrogen) atoms. The number of Topliss-reactive ketones (excluding diaryl/α,β-unsaturated/α-hetero) is 1. The summed E-state index contributed by atoms with van der Waals surface area (Å²) < 4.78 is 28.9. The van der Waals surface area contributed by atoms with E-state index < -0.39 is 10.0 Å². The van der Waals surface area contributed by atoms with Gasteiger partial charge >= 0.3 is 0 Å². The number of fused-ring (bicyclic) bond motifs is 1. The maximum Gasteiger partial charge on any atom is 0.265 e. The summed E-state index contributed by atoms with van der Waals surface area (Å²) in [5.41, 5.74) is 1.78. The van der Waals surface area contributed by atoms with Crippen molar-refractivity contribution in [1.29, 1.82) is 0 Å². The maximum absolute atomic E-state index is 13.1. The van der Waals surface area contributed by atoms with Gasteiger partial charge in [-0.05, 0) is 55.5 Å². The zero-order chi connectivity index (χ0) is 26.2. The molecule has 0 saturated carbocycles. The van der Waals surface area contributed by atoms with Crippen LogP contribution in [-0.2, 0) is 10.0 Å². The number of aromatic nitrogens is 2. The molecule has 1 amide bonds. The molecular weight excluding hydrogens is 492 g/mol. The molecule has 5 rings (SSSR count). The summed E-state index contributed by atoms with van der Waals surface area (Å²) in [4.78, 5) is 43.6. The van der Waals surface area contributed by atoms with E-state index in [4.69, 9.17) is 0 Å². The molecule has 1 aromatic heterocycles. The maximum atomic E-state index is 13.1. The molecular formula is C27H24N4O5S. The van der Waals surface area contributed by atoms with Crippen molar-refractivity contribution >= 4 is 32.6 Å². The number of nitrogens with zero attached hydrogens (tertiary/aromatic N) is 4. The van der Waals surface area contributed by atoms with E-state index in [1.807, 2.05) is 6.07 Å². The number of amides is 1. The summed E-state index contributed by atoms with van der Waals surface area (Å²) >= 11 is 0. The fourth-order valence-corrected chi connectivity index (χ4v) is 5.83. The molecule has 4 aromatic rings. The van der Waals surface area contributed by atoms with Gasteiger partial charge in [0.25, 0.3) is 11.5 Å². The molecule has 1 aliphatic heterocycles. The lowest BCUT2D eigenvalue weighted by Crippen LogP contribution is -2.50. The Morgan fingerprint density at radius 1 is 0.838 bits per heavy atom. The first-order valence-corrected chi connectivity index (χ1v) is 13.2. The number of benzene rings is 3. The molecule has 2 heterocycles. The first kappa shape index (κ1) is 24.5. The Kier molecular flexibility index (Phi) is 6.45. The Hall–Kier alpha value is -4.15. The Labute approximate surface area is 213 Å². The van der Waals surface area contributed by atoms with Crippen molar-refractivity contribution in [1.82, 2.24) is 18.8 Å². The van der Waals surface area contributed by atoms with Crippen LogP contribution < -0.4 is 5.56 Å². The van der Waals surface area contributed by atoms with Crippen LogP contribution in [0.5, 0.6) is 0 Å². The average molecular weight is 517 g/mol. The Morgan fingerprint density at radius 3 is 2.24 bits per heavy atom. The van der Waals surface area contributed by atoms with Crippen LogP contribution in [0, 0.1) is 0 Å². The monoisotopic (exact) mass is 516 g/mol. The summed E-state index contributed by atoms with van der Waals surface area (Å²) in [6.07, 6.45) is 1.47. The van der Waals surface area contributed by atoms with Gasteiger partial charge in [-0.2, -0.15) is 4.31 Å². The molecule has 188 valence electrons. The third-order valence-electron chi connectivity index (χ3n) is 6.46. The highest BCUT2D eigenvalue weighted by molar-refractivity contribution is 7.89. The predicted octanol–water partition coefficient (Wildman–Crippen LogP) is 2.74. The predicted molar refractivity (Wildman–Crippen MR) is 138 cm³/mol. The molecule has 0 atom stereocenters. The highest BCUT2D eigenvalue weighted by atomic mass is 32.2. The lowest BCUT2D eigenvalue weighted by atomic mass is 10.1. The van der Waals surface area contributed by atoms with Crippen molar-refractivity contribution in [2.45, 2.75) is 11.8 Å². The fraction of sp³-hybridized carbons (Fsp3) is 0.185. The van der Waals surface area contributed by atoms with E-state index in [2.05, 4.69) is 4.98 Å². The summed E-state index contributed by atoms with van der Waals surface area (Å²) in [6, 6.07) is 19.8. The molecule has 1 fully saturated rings. The van der Waals surface area contributed by atoms with Crippen LogP contribution in [-0.4, -0.2) is 65.0 Å². The molecule has 3 aromatic carbocycles. The number of hydrogen-bond acceptors (Lipinski definition) is 6. The molecule has 10 heteroatoms. The van der Waals surface area contributed by atoms with Gasteiger partial charge in [0.2, 0.25) is 10.0 Å². The molecule has 0 N–H and O–H groups in total. The Morgan fingerprint density at radius 2 is 1.54 bits per heavy atom. The van der Waals surface area contributed by atoms with E-state index in [0.717, 1.165) is 0 Å². The molecule has 1 aliphatic rings. The molecule has 0 unspecified atom stereocenters. The van der Waals surface area contributed by atoms with Crippen LogP contribution >= 0.6 is 0 Å². The third kappa shape index (κ3) is 4.68. The summed E-state index contributed by atoms with van der Waals surface area (Å²) in [5, 5.41) is 0.506. The standard InChI is InChI=1S/C27H24N4O5S/c1-19(32)21-5-4-6-23(17-21)37(35,36)30-15-13-29(14-16-30)26(33)20-9-11-22(12-10-20)31-18-28-25-8-3-2-7-24(25)27(31)34/h2-12,17-18H,13-16H2,1H3. The highest BCUT2D eigenvalue weighted by Crippen LogP contribution is 2.20. The van der Waals surface area contributed by atoms with E-state index in [-0.39, 0.29) is 48.3 Å². The molecule has 9 nitrogen and oxygen atoms in total. The number of carbonyl (C=O) groups is 2. The van der Waals surface area contributed by atoms with Gasteiger partial charge < -0.3 is 4.90 Å². The summed E-state index contributed by atoms with van der Waals surface area (Å²) in [5.74, 6) is -0.425. The second kappa shape index (κ2) is 9.72. The second-order valence-electron chi connectivity index (χ2n) is 8.76. The Bertz CT molecular complexity index is 1670. The van der Waals surface area contributed by atoms with E-state index in [1.165, 1.54) is 34.3 Å². The van der Waals surface area contributed by atoms with Crippen LogP contribution in [0.3, 0.4) is 0 Å². The molecule has 0 spiro atoms. The van der Waals surface area contributed by atoms with Crippen LogP contribution in [0.2, 0.25) is 0 Å². The number of ketones is 1. The minimum absolute atomic E-state index is 0.0639. The summed E-state index contributed by atoms with van der Waals surface area (Å²) in [6.45, 7) is 2.16. The van der Waals surface area contributed by atoms with Crippen LogP contribution in [0.4, 0.5) is 0 Å². The van der Waals surface area contributed by atoms with Crippen LogP contribution in [0.15, 0.2) is 88.8 Å². The number of para-hydroxylation sites is 1. The normalized spacial score (nSPS) is 14.6. The van der Waals surface area contributed by atoms with Gasteiger partial charge in [-0.15, -0.1) is 0 Å². The quantitative estimate of drug-likeness (QED) is 0.377. The smallest absolute Gasteiger partial charge is 0.265 e. The van der Waals surface area contributed by atoms with E-state index in [9.17, 15) is 22.8 Å². The largest absolute Gasteiger partial charge is 0.336 e. The van der Waals surface area contributed by atoms with E-state index in [0.29, 0.717) is 27.7 Å². The fourth-order valence-electron chi connectivity index (χ4n) is 4.36. The topological polar surface area (TPSA) is 110 Å². The van der Waals surface area contributed by atoms with Gasteiger partial charge in [-0.3, -0.25) is 19.0 Å². The third-order valence-corrected chi connectivity index (χ3v) is 8.36. The SMILES string of the molecule is CC(=O)c1cccc(S(=O)(=O)N2CCN(C(=O)c3ccc(-n4cnc5ccccc5c4=O)cc3)CC2)c1. The van der Waals surface area contributed by atoms with Gasteiger partial charge in [0.1, 0.15) is 6.33 Å². The number of rotatable bonds is 5. The Balaban J connectivity index is 1.28. The van der Waals surface area contributed by atoms with Crippen molar-refractivity contribution in [3.63, 3.8) is 0 Å². The van der Waals surface area contributed by atoms with E-state index in [1.54, 1.807) is 59.5 Å². The number of hydrogen-bond donors (Lipinski definition) is 0. The van der Waals surface area contributed by atoms with Crippen molar-refractivity contribution in [2.75, 3.05) is 26.2 Å². The van der Waals surface area contributed by atoms with Gasteiger partial charge in [0.05, 0.1) is 21.5 Å². The van der Waals surface area contributed by atoms with Crippen molar-refractivity contribution < 1.29 is 18.0 Å². The van der Waals surface area contributed by atoms with E-state index >= 15 is 0 Å². The van der Waals surface area contributed by atoms with Crippen LogP contribution in [0.25, 0.3) is 16.6 Å². The van der Waals surface area contributed by atoms with Gasteiger partial charge in [-0.25, -0.2) is 13.4 Å². The minimum atomic E-state index is -3.78. The highest BCUT2D eigenvalue weighted by Gasteiger charge is 2.30. The van der Waals surface area contributed by atoms with Gasteiger partial charge in [-0.1, -0.05) is 24.3 Å². The molecule has 0 aliphatic carbocycles. The zero-order valence-electron chi connectivity index (χ0n) is 20.1. The second-order valence-corrected chi connectivity index (χ2v) is 10.7. The first-order chi connectivity index (χ1) is 17.8. The van der Waals surface area contributed by atoms with Crippen LogP contribution in [0.1, 0.15) is 27.6 Å². The van der Waals surface area contributed by atoms with Crippen molar-refractivity contribution in [2.24, 2.45) is 0 Å². The lowest BCUT2D eigenvalue weighted by molar-refractivity contribution is 0.0697. The first-order valence-electron chi connectivity index (χ1n) is 11.7. The lowest BCUT2D eigenvalue weighted by Gasteiger charge is -2.34. The molecule has 0 bridgehead atoms. The minimum Gasteiger partial charge on any atom is -0.336 e. The zero-order valence-corrected chi connectivity index (χ0v) is 20.9. The van der Waals surface area contributed by atoms with Crippen molar-refractivity contribution in [3.8, 4) is 5.69 Å². The van der Waals surface area contributed by atoms with Crippen molar-refractivity contribution in [3.05, 3.63) is 101 Å². The summed E-state index contributed by atoms with van der Waals surface area (Å²) in [7, 11) is -3.78. The number of carbonyl (C=O) groups excluding carboxylic acids is 2. The molecule has 1 saturated heterocycles. The number of piperazine rings is 1. The number of sulfonamides is 1.